The van der Waals surface area contributed by atoms with Crippen LogP contribution in [-0.4, -0.2) is 26.5 Å². The van der Waals surface area contributed by atoms with E-state index in [1.807, 2.05) is 0 Å². The summed E-state index contributed by atoms with van der Waals surface area (Å²) in [5.41, 5.74) is -1.74. The molecule has 1 aromatic heterocycles. The summed E-state index contributed by atoms with van der Waals surface area (Å²) in [4.78, 5) is 10.1. The highest BCUT2D eigenvalue weighted by molar-refractivity contribution is 5.70. The van der Waals surface area contributed by atoms with E-state index in [0.717, 1.165) is 6.21 Å². The largest absolute Gasteiger partial charge is 0.414 e. The molecule has 1 aliphatic rings. The van der Waals surface area contributed by atoms with Crippen molar-refractivity contribution in [1.82, 2.24) is 15.4 Å². The van der Waals surface area contributed by atoms with Crippen molar-refractivity contribution >= 4 is 6.21 Å². The minimum atomic E-state index is -1.80. The summed E-state index contributed by atoms with van der Waals surface area (Å²) in [5.74, 6) is 0. The molecule has 13 heavy (non-hydrogen) atoms. The molecular weight excluding hydrogens is 178 g/mol. The number of nitrogens with one attached hydrogen (secondary N) is 1. The van der Waals surface area contributed by atoms with Crippen LogP contribution in [0.5, 0.6) is 0 Å². The van der Waals surface area contributed by atoms with Gasteiger partial charge in [0.05, 0.1) is 11.1 Å². The van der Waals surface area contributed by atoms with E-state index in [-0.39, 0.29) is 5.69 Å². The Morgan fingerprint density at radius 2 is 2.46 bits per heavy atom. The lowest BCUT2D eigenvalue weighted by Gasteiger charge is -2.06. The average molecular weight is 181 g/mol. The van der Waals surface area contributed by atoms with Crippen LogP contribution in [0, 0.1) is 10.1 Å². The lowest BCUT2D eigenvalue weighted by Crippen LogP contribution is -2.33. The van der Waals surface area contributed by atoms with E-state index in [1.54, 1.807) is 0 Å². The second kappa shape index (κ2) is 2.40. The Balaban J connectivity index is 2.53. The molecule has 2 rings (SSSR count). The van der Waals surface area contributed by atoms with Crippen molar-refractivity contribution in [3.8, 4) is 0 Å². The molecule has 1 aliphatic heterocycles. The van der Waals surface area contributed by atoms with E-state index in [4.69, 9.17) is 0 Å². The van der Waals surface area contributed by atoms with Crippen LogP contribution in [0.15, 0.2) is 21.6 Å². The summed E-state index contributed by atoms with van der Waals surface area (Å²) in [6, 6.07) is 0. The Morgan fingerprint density at radius 3 is 2.92 bits per heavy atom. The smallest absolute Gasteiger partial charge is 0.261 e. The first-order valence-electron chi connectivity index (χ1n) is 3.23. The van der Waals surface area contributed by atoms with Gasteiger partial charge in [-0.2, -0.15) is 15.4 Å². The molecule has 2 heterocycles. The first-order valence-corrected chi connectivity index (χ1v) is 3.23. The number of hydrogen-bond donors (Lipinski definition) is 1. The quantitative estimate of drug-likeness (QED) is 0.496. The van der Waals surface area contributed by atoms with Crippen molar-refractivity contribution in [2.75, 3.05) is 0 Å². The third kappa shape index (κ3) is 0.898. The van der Waals surface area contributed by atoms with E-state index in [0.29, 0.717) is 0 Å². The number of nitro groups is 1. The lowest BCUT2D eigenvalue weighted by atomic mass is 10.1. The summed E-state index contributed by atoms with van der Waals surface area (Å²) in [7, 11) is 0. The Bertz CT molecular complexity index is 367. The van der Waals surface area contributed by atoms with Gasteiger partial charge in [-0.15, -0.1) is 5.10 Å². The van der Waals surface area contributed by atoms with Crippen LogP contribution in [0.2, 0.25) is 0 Å². The van der Waals surface area contributed by atoms with E-state index < -0.39 is 10.6 Å². The SMILES string of the molecule is O=[N+]([O-])C1(c2cn[nH]n2)C=NN=N1. The molecule has 1 atom stereocenters. The van der Waals surface area contributed by atoms with Gasteiger partial charge in [0.1, 0.15) is 6.21 Å². The van der Waals surface area contributed by atoms with Crippen molar-refractivity contribution in [3.63, 3.8) is 0 Å². The van der Waals surface area contributed by atoms with Crippen LogP contribution in [-0.2, 0) is 5.66 Å². The maximum atomic E-state index is 10.7. The monoisotopic (exact) mass is 181 g/mol. The Morgan fingerprint density at radius 1 is 1.62 bits per heavy atom. The van der Waals surface area contributed by atoms with Gasteiger partial charge in [0.25, 0.3) is 0 Å². The predicted molar refractivity (Wildman–Crippen MR) is 38.4 cm³/mol. The summed E-state index contributed by atoms with van der Waals surface area (Å²) in [5, 5.41) is 29.9. The molecule has 0 aromatic carbocycles. The highest BCUT2D eigenvalue weighted by Crippen LogP contribution is 2.25. The topological polar surface area (TPSA) is 122 Å². The zero-order chi connectivity index (χ0) is 9.31. The molecule has 0 saturated heterocycles. The molecular formula is C4H3N7O2. The minimum absolute atomic E-state index is 0.0579. The molecule has 1 unspecified atom stereocenters. The zero-order valence-electron chi connectivity index (χ0n) is 6.15. The zero-order valence-corrected chi connectivity index (χ0v) is 6.15. The van der Waals surface area contributed by atoms with Crippen molar-refractivity contribution in [2.45, 2.75) is 5.66 Å². The number of hydrogen-bond acceptors (Lipinski definition) is 7. The van der Waals surface area contributed by atoms with Gasteiger partial charge >= 0.3 is 5.66 Å². The van der Waals surface area contributed by atoms with Gasteiger partial charge in [0.15, 0.2) is 5.69 Å². The van der Waals surface area contributed by atoms with Gasteiger partial charge in [-0.25, -0.2) is 0 Å². The second-order valence-corrected chi connectivity index (χ2v) is 2.27. The van der Waals surface area contributed by atoms with Crippen LogP contribution in [0.4, 0.5) is 0 Å². The highest BCUT2D eigenvalue weighted by atomic mass is 16.6. The molecule has 0 radical (unpaired) electrons. The Labute approximate surface area is 70.7 Å². The van der Waals surface area contributed by atoms with E-state index in [9.17, 15) is 10.1 Å². The Hall–Kier alpha value is -2.19. The van der Waals surface area contributed by atoms with Crippen LogP contribution in [0.1, 0.15) is 5.69 Å². The van der Waals surface area contributed by atoms with Gasteiger partial charge in [-0.1, -0.05) is 5.11 Å². The molecule has 9 heteroatoms. The van der Waals surface area contributed by atoms with Gasteiger partial charge < -0.3 is 0 Å². The second-order valence-electron chi connectivity index (χ2n) is 2.27. The summed E-state index contributed by atoms with van der Waals surface area (Å²) >= 11 is 0. The molecule has 0 spiro atoms. The molecule has 0 bridgehead atoms. The number of aromatic amines is 1. The lowest BCUT2D eigenvalue weighted by molar-refractivity contribution is -0.553. The molecule has 0 aliphatic carbocycles. The third-order valence-corrected chi connectivity index (χ3v) is 1.56. The van der Waals surface area contributed by atoms with Gasteiger partial charge in [0, 0.05) is 0 Å². The van der Waals surface area contributed by atoms with Crippen LogP contribution < -0.4 is 0 Å². The fourth-order valence-corrected chi connectivity index (χ4v) is 0.900. The molecule has 9 nitrogen and oxygen atoms in total. The highest BCUT2D eigenvalue weighted by Gasteiger charge is 2.49. The Kier molecular flexibility index (Phi) is 1.38. The van der Waals surface area contributed by atoms with E-state index >= 15 is 0 Å². The number of H-pyrrole nitrogens is 1. The molecule has 66 valence electrons. The number of rotatable bonds is 2. The van der Waals surface area contributed by atoms with Crippen molar-refractivity contribution in [3.05, 3.63) is 22.0 Å². The fourth-order valence-electron chi connectivity index (χ4n) is 0.900. The predicted octanol–water partition coefficient (Wildman–Crippen LogP) is -0.314. The maximum absolute atomic E-state index is 10.7. The standard InChI is InChI=1S/C4H3N7O2/c12-11(13)4(2-6-10-8-4)3-1-5-9-7-3/h1-2H,(H,5,7,9). The van der Waals surface area contributed by atoms with Gasteiger partial charge in [0.2, 0.25) is 0 Å². The van der Waals surface area contributed by atoms with Crippen molar-refractivity contribution in [2.24, 2.45) is 15.4 Å². The molecule has 1 aromatic rings. The normalized spacial score (nSPS) is 25.2. The van der Waals surface area contributed by atoms with Crippen molar-refractivity contribution in [1.29, 1.82) is 0 Å². The summed E-state index contributed by atoms with van der Waals surface area (Å²) in [6.45, 7) is 0. The van der Waals surface area contributed by atoms with Crippen LogP contribution in [0.25, 0.3) is 0 Å². The van der Waals surface area contributed by atoms with E-state index in [1.165, 1.54) is 6.20 Å². The molecule has 0 amide bonds. The number of aromatic nitrogens is 3. The summed E-state index contributed by atoms with van der Waals surface area (Å²) < 4.78 is 0. The average Bonchev–Trinajstić information content (AvgIpc) is 2.75. The van der Waals surface area contributed by atoms with Gasteiger partial charge in [-0.05, 0) is 5.22 Å². The van der Waals surface area contributed by atoms with Crippen molar-refractivity contribution < 1.29 is 4.92 Å². The maximum Gasteiger partial charge on any atom is 0.414 e. The summed E-state index contributed by atoms with van der Waals surface area (Å²) in [6.07, 6.45) is 2.21. The molecule has 1 N–H and O–H groups in total. The van der Waals surface area contributed by atoms with Crippen LogP contribution >= 0.6 is 0 Å². The number of nitrogens with zero attached hydrogens (tertiary/aromatic N) is 6. The molecule has 0 fully saturated rings. The third-order valence-electron chi connectivity index (χ3n) is 1.56. The van der Waals surface area contributed by atoms with E-state index in [2.05, 4.69) is 30.8 Å². The fraction of sp³-hybridized carbons (Fsp3) is 0.250. The first-order chi connectivity index (χ1) is 6.26. The van der Waals surface area contributed by atoms with Crippen LogP contribution in [0.3, 0.4) is 0 Å². The molecule has 0 saturated carbocycles. The first kappa shape index (κ1) is 7.46. The van der Waals surface area contributed by atoms with Gasteiger partial charge in [-0.3, -0.25) is 10.1 Å². The minimum Gasteiger partial charge on any atom is -0.261 e.